The van der Waals surface area contributed by atoms with Crippen LogP contribution in [-0.4, -0.2) is 27.3 Å². The molecule has 3 N–H and O–H groups in total. The zero-order chi connectivity index (χ0) is 13.0. The zero-order valence-corrected chi connectivity index (χ0v) is 9.38. The van der Waals surface area contributed by atoms with E-state index in [2.05, 4.69) is 0 Å². The molecule has 1 aromatic carbocycles. The lowest BCUT2D eigenvalue weighted by Gasteiger charge is -2.13. The molecule has 0 saturated carbocycles. The van der Waals surface area contributed by atoms with E-state index in [9.17, 15) is 14.7 Å². The van der Waals surface area contributed by atoms with Gasteiger partial charge in [-0.1, -0.05) is 12.1 Å². The molecule has 0 atom stereocenters. The third-order valence-electron chi connectivity index (χ3n) is 2.55. The molecule has 0 heterocycles. The number of phenolic OH excluding ortho intramolecular Hbond substituents is 1. The van der Waals surface area contributed by atoms with Crippen molar-refractivity contribution in [2.24, 2.45) is 0 Å². The summed E-state index contributed by atoms with van der Waals surface area (Å²) in [7, 11) is 0. The van der Waals surface area contributed by atoms with E-state index in [-0.39, 0.29) is 18.6 Å². The van der Waals surface area contributed by atoms with Crippen molar-refractivity contribution in [2.45, 2.75) is 25.7 Å². The second kappa shape index (κ2) is 5.34. The summed E-state index contributed by atoms with van der Waals surface area (Å²) in [6, 6.07) is 4.71. The summed E-state index contributed by atoms with van der Waals surface area (Å²) in [4.78, 5) is 21.3. The van der Waals surface area contributed by atoms with Crippen LogP contribution in [0.2, 0.25) is 0 Å². The molecule has 5 nitrogen and oxygen atoms in total. The molecule has 0 unspecified atom stereocenters. The van der Waals surface area contributed by atoms with Crippen molar-refractivity contribution in [2.75, 3.05) is 0 Å². The number of carboxylic acid groups (broad SMARTS) is 2. The Morgan fingerprint density at radius 2 is 1.71 bits per heavy atom. The first-order valence-electron chi connectivity index (χ1n) is 5.13. The molecule has 1 rings (SSSR count). The molecule has 0 aliphatic carbocycles. The predicted molar refractivity (Wildman–Crippen MR) is 60.1 cm³/mol. The van der Waals surface area contributed by atoms with Crippen molar-refractivity contribution >= 4 is 11.9 Å². The van der Waals surface area contributed by atoms with E-state index >= 15 is 0 Å². The first kappa shape index (κ1) is 13.0. The van der Waals surface area contributed by atoms with Gasteiger partial charge in [0.25, 0.3) is 0 Å². The SMILES string of the molecule is Cc1ccc(C(CC(=O)O)CC(=O)O)cc1O. The zero-order valence-electron chi connectivity index (χ0n) is 9.38. The Labute approximate surface area is 98.3 Å². The van der Waals surface area contributed by atoms with Crippen LogP contribution in [0.1, 0.15) is 29.9 Å². The minimum absolute atomic E-state index is 0.0447. The van der Waals surface area contributed by atoms with Crippen LogP contribution in [0.3, 0.4) is 0 Å². The fourth-order valence-electron chi connectivity index (χ4n) is 1.61. The average Bonchev–Trinajstić information content (AvgIpc) is 2.19. The minimum atomic E-state index is -1.06. The topological polar surface area (TPSA) is 94.8 Å². The number of benzene rings is 1. The predicted octanol–water partition coefficient (Wildman–Crippen LogP) is 1.73. The second-order valence-electron chi connectivity index (χ2n) is 3.94. The van der Waals surface area contributed by atoms with E-state index in [0.717, 1.165) is 0 Å². The Morgan fingerprint density at radius 1 is 1.18 bits per heavy atom. The number of hydrogen-bond acceptors (Lipinski definition) is 3. The van der Waals surface area contributed by atoms with E-state index < -0.39 is 17.9 Å². The third kappa shape index (κ3) is 3.79. The van der Waals surface area contributed by atoms with Crippen LogP contribution in [0.4, 0.5) is 0 Å². The lowest BCUT2D eigenvalue weighted by Crippen LogP contribution is -2.11. The Hall–Kier alpha value is -2.04. The first-order chi connectivity index (χ1) is 7.90. The minimum Gasteiger partial charge on any atom is -0.508 e. The summed E-state index contributed by atoms with van der Waals surface area (Å²) in [5, 5.41) is 27.0. The maximum Gasteiger partial charge on any atom is 0.303 e. The van der Waals surface area contributed by atoms with Gasteiger partial charge in [0.1, 0.15) is 5.75 Å². The summed E-state index contributed by atoms with van der Waals surface area (Å²) in [6.07, 6.45) is -0.538. The molecule has 0 radical (unpaired) electrons. The maximum absolute atomic E-state index is 10.7. The van der Waals surface area contributed by atoms with Crippen LogP contribution < -0.4 is 0 Å². The van der Waals surface area contributed by atoms with Crippen molar-refractivity contribution in [1.29, 1.82) is 0 Å². The Kier molecular flexibility index (Phi) is 4.09. The number of aromatic hydroxyl groups is 1. The van der Waals surface area contributed by atoms with E-state index in [0.29, 0.717) is 11.1 Å². The van der Waals surface area contributed by atoms with Gasteiger partial charge in [0.05, 0.1) is 12.8 Å². The molecule has 0 aliphatic heterocycles. The highest BCUT2D eigenvalue weighted by molar-refractivity contribution is 5.72. The molecule has 0 aromatic heterocycles. The van der Waals surface area contributed by atoms with Crippen LogP contribution in [0, 0.1) is 6.92 Å². The molecule has 0 saturated heterocycles. The molecular formula is C12H14O5. The van der Waals surface area contributed by atoms with Gasteiger partial charge in [-0.2, -0.15) is 0 Å². The normalized spacial score (nSPS) is 10.5. The van der Waals surface area contributed by atoms with Crippen LogP contribution in [0.15, 0.2) is 18.2 Å². The van der Waals surface area contributed by atoms with Gasteiger partial charge in [0, 0.05) is 5.92 Å². The third-order valence-corrected chi connectivity index (χ3v) is 2.55. The van der Waals surface area contributed by atoms with Crippen LogP contribution in [-0.2, 0) is 9.59 Å². The van der Waals surface area contributed by atoms with E-state index in [4.69, 9.17) is 10.2 Å². The highest BCUT2D eigenvalue weighted by Gasteiger charge is 2.19. The monoisotopic (exact) mass is 238 g/mol. The smallest absolute Gasteiger partial charge is 0.303 e. The van der Waals surface area contributed by atoms with Crippen molar-refractivity contribution in [3.05, 3.63) is 29.3 Å². The summed E-state index contributed by atoms with van der Waals surface area (Å²) in [6.45, 7) is 1.71. The Morgan fingerprint density at radius 3 is 2.12 bits per heavy atom. The fraction of sp³-hybridized carbons (Fsp3) is 0.333. The van der Waals surface area contributed by atoms with Crippen LogP contribution in [0.25, 0.3) is 0 Å². The van der Waals surface area contributed by atoms with Crippen molar-refractivity contribution in [3.8, 4) is 5.75 Å². The van der Waals surface area contributed by atoms with Crippen molar-refractivity contribution in [1.82, 2.24) is 0 Å². The molecule has 17 heavy (non-hydrogen) atoms. The largest absolute Gasteiger partial charge is 0.508 e. The molecule has 0 aliphatic rings. The van der Waals surface area contributed by atoms with Gasteiger partial charge in [-0.15, -0.1) is 0 Å². The van der Waals surface area contributed by atoms with Gasteiger partial charge in [-0.05, 0) is 24.1 Å². The number of aliphatic carboxylic acids is 2. The molecule has 0 fully saturated rings. The number of carboxylic acids is 2. The highest BCUT2D eigenvalue weighted by atomic mass is 16.4. The van der Waals surface area contributed by atoms with Gasteiger partial charge < -0.3 is 15.3 Å². The standard InChI is InChI=1S/C12H14O5/c1-7-2-3-8(4-10(7)13)9(5-11(14)15)6-12(16)17/h2-4,9,13H,5-6H2,1H3,(H,14,15)(H,16,17). The lowest BCUT2D eigenvalue weighted by atomic mass is 9.91. The van der Waals surface area contributed by atoms with Gasteiger partial charge >= 0.3 is 11.9 Å². The van der Waals surface area contributed by atoms with Crippen molar-refractivity contribution < 1.29 is 24.9 Å². The quantitative estimate of drug-likeness (QED) is 0.726. The second-order valence-corrected chi connectivity index (χ2v) is 3.94. The number of aryl methyl sites for hydroxylation is 1. The molecule has 0 amide bonds. The Bertz CT molecular complexity index is 423. The Balaban J connectivity index is 2.98. The maximum atomic E-state index is 10.7. The highest BCUT2D eigenvalue weighted by Crippen LogP contribution is 2.28. The number of carbonyl (C=O) groups is 2. The van der Waals surface area contributed by atoms with E-state index in [1.54, 1.807) is 19.1 Å². The summed E-state index contributed by atoms with van der Waals surface area (Å²) in [5.41, 5.74) is 1.19. The first-order valence-corrected chi connectivity index (χ1v) is 5.13. The molecular weight excluding hydrogens is 224 g/mol. The van der Waals surface area contributed by atoms with Crippen LogP contribution in [0.5, 0.6) is 5.75 Å². The molecule has 0 spiro atoms. The van der Waals surface area contributed by atoms with Crippen molar-refractivity contribution in [3.63, 3.8) is 0 Å². The van der Waals surface area contributed by atoms with Gasteiger partial charge in [0.2, 0.25) is 0 Å². The summed E-state index contributed by atoms with van der Waals surface area (Å²) >= 11 is 0. The number of rotatable bonds is 5. The van der Waals surface area contributed by atoms with Gasteiger partial charge in [0.15, 0.2) is 0 Å². The number of phenols is 1. The van der Waals surface area contributed by atoms with Crippen LogP contribution >= 0.6 is 0 Å². The summed E-state index contributed by atoms with van der Waals surface area (Å²) in [5.74, 6) is -2.70. The lowest BCUT2D eigenvalue weighted by molar-refractivity contribution is -0.139. The average molecular weight is 238 g/mol. The van der Waals surface area contributed by atoms with Gasteiger partial charge in [-0.3, -0.25) is 9.59 Å². The van der Waals surface area contributed by atoms with E-state index in [1.807, 2.05) is 0 Å². The number of hydrogen-bond donors (Lipinski definition) is 3. The van der Waals surface area contributed by atoms with E-state index in [1.165, 1.54) is 6.07 Å². The molecule has 1 aromatic rings. The summed E-state index contributed by atoms with van der Waals surface area (Å²) < 4.78 is 0. The van der Waals surface area contributed by atoms with Gasteiger partial charge in [-0.25, -0.2) is 0 Å². The molecule has 5 heteroatoms. The molecule has 0 bridgehead atoms. The molecule has 92 valence electrons. The fourth-order valence-corrected chi connectivity index (χ4v) is 1.61.